The summed E-state index contributed by atoms with van der Waals surface area (Å²) in [5.74, 6) is 0.347. The van der Waals surface area contributed by atoms with E-state index in [0.717, 1.165) is 70.5 Å². The molecule has 8 nitrogen and oxygen atoms in total. The van der Waals surface area contributed by atoms with E-state index < -0.39 is 10.5 Å². The predicted molar refractivity (Wildman–Crippen MR) is 131 cm³/mol. The minimum Gasteiger partial charge on any atom is -0.502 e. The van der Waals surface area contributed by atoms with Crippen molar-refractivity contribution in [3.63, 3.8) is 0 Å². The Balaban J connectivity index is 0.00000187. The maximum absolute atomic E-state index is 12.3. The van der Waals surface area contributed by atoms with E-state index in [0.29, 0.717) is 5.92 Å². The van der Waals surface area contributed by atoms with Gasteiger partial charge in [0, 0.05) is 30.9 Å². The lowest BCUT2D eigenvalue weighted by Crippen LogP contribution is -2.40. The van der Waals surface area contributed by atoms with Gasteiger partial charge >= 0.3 is 11.7 Å². The van der Waals surface area contributed by atoms with Gasteiger partial charge in [0.1, 0.15) is 5.60 Å². The van der Waals surface area contributed by atoms with Gasteiger partial charge in [0.15, 0.2) is 5.75 Å². The molecule has 1 aromatic carbocycles. The average molecular weight is 464 g/mol. The molecule has 3 rings (SSSR count). The van der Waals surface area contributed by atoms with E-state index in [2.05, 4.69) is 9.80 Å². The topological polar surface area (TPSA) is 96.2 Å². The number of hydrogen-bond acceptors (Lipinski definition) is 7. The van der Waals surface area contributed by atoms with Gasteiger partial charge in [0.05, 0.1) is 10.8 Å². The van der Waals surface area contributed by atoms with Crippen LogP contribution in [-0.4, -0.2) is 59.2 Å². The number of hydrogen-bond donors (Lipinski definition) is 1. The van der Waals surface area contributed by atoms with Crippen LogP contribution in [0.3, 0.4) is 0 Å². The van der Waals surface area contributed by atoms with Crippen molar-refractivity contribution in [3.05, 3.63) is 28.3 Å². The van der Waals surface area contributed by atoms with Crippen molar-refractivity contribution in [1.29, 1.82) is 0 Å². The Morgan fingerprint density at radius 3 is 2.24 bits per heavy atom. The van der Waals surface area contributed by atoms with E-state index in [9.17, 15) is 20.0 Å². The van der Waals surface area contributed by atoms with Crippen molar-refractivity contribution in [3.8, 4) is 5.75 Å². The molecular weight excluding hydrogens is 422 g/mol. The third kappa shape index (κ3) is 8.18. The molecule has 1 aromatic rings. The molecule has 2 aliphatic heterocycles. The van der Waals surface area contributed by atoms with Gasteiger partial charge in [-0.3, -0.25) is 14.9 Å². The number of nitrogens with zero attached hydrogens (tertiary/aromatic N) is 3. The van der Waals surface area contributed by atoms with E-state index in [4.69, 9.17) is 4.74 Å². The van der Waals surface area contributed by atoms with E-state index in [-0.39, 0.29) is 23.3 Å². The number of rotatable bonds is 6. The molecule has 0 saturated carbocycles. The van der Waals surface area contributed by atoms with Crippen molar-refractivity contribution < 1.29 is 19.6 Å². The van der Waals surface area contributed by atoms with Crippen LogP contribution in [0.4, 0.5) is 11.4 Å². The molecule has 2 heterocycles. The second-order valence-electron chi connectivity index (χ2n) is 9.80. The molecule has 8 heteroatoms. The predicted octanol–water partition coefficient (Wildman–Crippen LogP) is 4.99. The molecule has 0 spiro atoms. The van der Waals surface area contributed by atoms with E-state index in [1.54, 1.807) is 6.07 Å². The van der Waals surface area contributed by atoms with Crippen LogP contribution in [0.15, 0.2) is 18.2 Å². The van der Waals surface area contributed by atoms with Gasteiger partial charge in [0.2, 0.25) is 0 Å². The van der Waals surface area contributed by atoms with Crippen LogP contribution in [0.1, 0.15) is 66.7 Å². The second-order valence-corrected chi connectivity index (χ2v) is 9.80. The molecule has 0 bridgehead atoms. The first-order chi connectivity index (χ1) is 15.6. The molecule has 2 aliphatic rings. The zero-order valence-electron chi connectivity index (χ0n) is 20.9. The summed E-state index contributed by atoms with van der Waals surface area (Å²) in [5, 5.41) is 20.7. The van der Waals surface area contributed by atoms with Crippen LogP contribution >= 0.6 is 0 Å². The largest absolute Gasteiger partial charge is 0.502 e. The van der Waals surface area contributed by atoms with E-state index in [1.165, 1.54) is 12.1 Å². The number of nitro groups is 1. The number of carbonyl (C=O) groups is 1. The Morgan fingerprint density at radius 1 is 1.12 bits per heavy atom. The smallest absolute Gasteiger partial charge is 0.310 e. The quantitative estimate of drug-likeness (QED) is 0.361. The standard InChI is InChI=1S/C23H35N3O5.C2H6/c1-23(2,3)31-22(28)18-9-12-24(13-10-18)11-6-17-7-14-25(15-8-17)19-4-5-20(26(29)30)21(27)16-19;1-2/h4-5,16-18,27H,6-15H2,1-3H3;1-2H3. The van der Waals surface area contributed by atoms with Crippen LogP contribution in [0.2, 0.25) is 0 Å². The summed E-state index contributed by atoms with van der Waals surface area (Å²) in [5.41, 5.74) is 0.163. The SMILES string of the molecule is CC.CC(C)(C)OC(=O)C1CCN(CCC2CCN(c3ccc([N+](=O)[O-])c(O)c3)CC2)CC1. The Hall–Kier alpha value is -2.35. The molecule has 1 N–H and O–H groups in total. The lowest BCUT2D eigenvalue weighted by molar-refractivity contribution is -0.385. The van der Waals surface area contributed by atoms with Gasteiger partial charge in [-0.15, -0.1) is 0 Å². The summed E-state index contributed by atoms with van der Waals surface area (Å²) < 4.78 is 5.53. The Labute approximate surface area is 198 Å². The summed E-state index contributed by atoms with van der Waals surface area (Å²) in [6, 6.07) is 4.58. The second kappa shape index (κ2) is 12.2. The van der Waals surface area contributed by atoms with Crippen LogP contribution < -0.4 is 4.90 Å². The maximum atomic E-state index is 12.3. The normalized spacial score (nSPS) is 18.4. The van der Waals surface area contributed by atoms with Gasteiger partial charge in [-0.1, -0.05) is 13.8 Å². The van der Waals surface area contributed by atoms with Crippen LogP contribution in [-0.2, 0) is 9.53 Å². The fourth-order valence-corrected chi connectivity index (χ4v) is 4.49. The number of carbonyl (C=O) groups excluding carboxylic acids is 1. The number of benzene rings is 1. The minimum atomic E-state index is -0.568. The van der Waals surface area contributed by atoms with Crippen molar-refractivity contribution in [2.75, 3.05) is 37.6 Å². The Bertz CT molecular complexity index is 777. The monoisotopic (exact) mass is 463 g/mol. The highest BCUT2D eigenvalue weighted by atomic mass is 16.6. The number of anilines is 1. The molecular formula is C25H41N3O5. The lowest BCUT2D eigenvalue weighted by Gasteiger charge is -2.36. The lowest BCUT2D eigenvalue weighted by atomic mass is 9.91. The van der Waals surface area contributed by atoms with Gasteiger partial charge in [-0.2, -0.15) is 0 Å². The molecule has 33 heavy (non-hydrogen) atoms. The van der Waals surface area contributed by atoms with Crippen molar-refractivity contribution >= 4 is 17.3 Å². The number of nitro benzene ring substituents is 1. The van der Waals surface area contributed by atoms with Crippen molar-refractivity contribution in [1.82, 2.24) is 4.90 Å². The number of aromatic hydroxyl groups is 1. The molecule has 0 aromatic heterocycles. The molecule has 0 aliphatic carbocycles. The van der Waals surface area contributed by atoms with Crippen molar-refractivity contribution in [2.45, 2.75) is 72.3 Å². The first kappa shape index (κ1) is 26.9. The fourth-order valence-electron chi connectivity index (χ4n) is 4.49. The van der Waals surface area contributed by atoms with E-state index in [1.807, 2.05) is 34.6 Å². The number of likely N-dealkylation sites (tertiary alicyclic amines) is 1. The summed E-state index contributed by atoms with van der Waals surface area (Å²) in [7, 11) is 0. The number of phenolic OH excluding ortho intramolecular Hbond substituents is 1. The van der Waals surface area contributed by atoms with Gasteiger partial charge in [0.25, 0.3) is 0 Å². The molecule has 186 valence electrons. The molecule has 0 amide bonds. The van der Waals surface area contributed by atoms with Gasteiger partial charge < -0.3 is 19.6 Å². The Kier molecular flexibility index (Phi) is 9.95. The number of piperidine rings is 2. The third-order valence-corrected chi connectivity index (χ3v) is 6.32. The van der Waals surface area contributed by atoms with Gasteiger partial charge in [-0.05, 0) is 84.5 Å². The summed E-state index contributed by atoms with van der Waals surface area (Å²) >= 11 is 0. The molecule has 0 radical (unpaired) electrons. The fraction of sp³-hybridized carbons (Fsp3) is 0.720. The molecule has 2 saturated heterocycles. The number of ether oxygens (including phenoxy) is 1. The number of esters is 1. The Morgan fingerprint density at radius 2 is 1.73 bits per heavy atom. The minimum absolute atomic E-state index is 0.0248. The first-order valence-electron chi connectivity index (χ1n) is 12.3. The van der Waals surface area contributed by atoms with Gasteiger partial charge in [-0.25, -0.2) is 0 Å². The number of phenols is 1. The summed E-state index contributed by atoms with van der Waals surface area (Å²) in [6.07, 6.45) is 5.04. The average Bonchev–Trinajstić information content (AvgIpc) is 2.78. The van der Waals surface area contributed by atoms with Crippen LogP contribution in [0, 0.1) is 22.0 Å². The van der Waals surface area contributed by atoms with Crippen LogP contribution in [0.5, 0.6) is 5.75 Å². The highest BCUT2D eigenvalue weighted by Gasteiger charge is 2.29. The van der Waals surface area contributed by atoms with Crippen molar-refractivity contribution in [2.24, 2.45) is 11.8 Å². The zero-order chi connectivity index (χ0) is 24.6. The van der Waals surface area contributed by atoms with E-state index >= 15 is 0 Å². The summed E-state index contributed by atoms with van der Waals surface area (Å²) in [4.78, 5) is 27.2. The summed E-state index contributed by atoms with van der Waals surface area (Å²) in [6.45, 7) is 14.5. The zero-order valence-corrected chi connectivity index (χ0v) is 20.9. The first-order valence-corrected chi connectivity index (χ1v) is 12.3. The highest BCUT2D eigenvalue weighted by molar-refractivity contribution is 5.73. The highest BCUT2D eigenvalue weighted by Crippen LogP contribution is 2.33. The maximum Gasteiger partial charge on any atom is 0.310 e. The molecule has 0 unspecified atom stereocenters. The third-order valence-electron chi connectivity index (χ3n) is 6.32. The molecule has 2 fully saturated rings. The van der Waals surface area contributed by atoms with Crippen LogP contribution in [0.25, 0.3) is 0 Å². The molecule has 0 atom stereocenters.